The van der Waals surface area contributed by atoms with Gasteiger partial charge in [0.15, 0.2) is 0 Å². The summed E-state index contributed by atoms with van der Waals surface area (Å²) in [6, 6.07) is 16.8. The number of piperazine rings is 1. The average Bonchev–Trinajstić information content (AvgIpc) is 2.67. The number of thioether (sulfide) groups is 1. The number of halogens is 2. The molecular formula is C20H24ClFN2OS. The second-order valence-corrected chi connectivity index (χ2v) is 7.56. The van der Waals surface area contributed by atoms with Crippen LogP contribution in [0.25, 0.3) is 0 Å². The van der Waals surface area contributed by atoms with E-state index < -0.39 is 0 Å². The molecule has 0 radical (unpaired) electrons. The predicted molar refractivity (Wildman–Crippen MR) is 110 cm³/mol. The topological polar surface area (TPSA) is 23.6 Å². The van der Waals surface area contributed by atoms with E-state index in [0.29, 0.717) is 13.1 Å². The number of carbonyl (C=O) groups excluding carboxylic acids is 1. The van der Waals surface area contributed by atoms with Gasteiger partial charge in [-0.2, -0.15) is 0 Å². The smallest absolute Gasteiger partial charge is 0.235 e. The fourth-order valence-corrected chi connectivity index (χ4v) is 3.89. The van der Waals surface area contributed by atoms with Crippen LogP contribution in [0, 0.1) is 5.82 Å². The van der Waals surface area contributed by atoms with Crippen LogP contribution in [-0.2, 0) is 10.5 Å². The summed E-state index contributed by atoms with van der Waals surface area (Å²) in [6.07, 6.45) is 0. The molecule has 1 saturated heterocycles. The number of hydrogen-bond donors (Lipinski definition) is 0. The van der Waals surface area contributed by atoms with Gasteiger partial charge < -0.3 is 9.80 Å². The van der Waals surface area contributed by atoms with Gasteiger partial charge in [0.2, 0.25) is 5.91 Å². The molecule has 2 aromatic carbocycles. The summed E-state index contributed by atoms with van der Waals surface area (Å²) < 4.78 is 13.0. The molecule has 0 N–H and O–H groups in total. The fraction of sp³-hybridized carbons (Fsp3) is 0.350. The molecule has 1 amide bonds. The van der Waals surface area contributed by atoms with Crippen molar-refractivity contribution in [2.45, 2.75) is 17.9 Å². The second-order valence-electron chi connectivity index (χ2n) is 6.23. The summed E-state index contributed by atoms with van der Waals surface area (Å²) in [5.74, 6) is 0.838. The molecule has 0 spiro atoms. The van der Waals surface area contributed by atoms with Gasteiger partial charge in [-0.25, -0.2) is 4.39 Å². The third kappa shape index (κ3) is 5.39. The van der Waals surface area contributed by atoms with Gasteiger partial charge in [0.25, 0.3) is 0 Å². The van der Waals surface area contributed by atoms with Crippen LogP contribution in [-0.4, -0.2) is 42.2 Å². The Labute approximate surface area is 165 Å². The van der Waals surface area contributed by atoms with Crippen LogP contribution >= 0.6 is 24.2 Å². The highest BCUT2D eigenvalue weighted by atomic mass is 35.5. The molecule has 3 rings (SSSR count). The van der Waals surface area contributed by atoms with E-state index >= 15 is 0 Å². The first-order chi connectivity index (χ1) is 12.1. The summed E-state index contributed by atoms with van der Waals surface area (Å²) in [5.41, 5.74) is 2.26. The van der Waals surface area contributed by atoms with Crippen molar-refractivity contribution in [3.8, 4) is 0 Å². The van der Waals surface area contributed by atoms with Gasteiger partial charge in [-0.1, -0.05) is 30.3 Å². The SMILES string of the molecule is CC(SCc1ccccc1)C(=O)N1CCN(c2ccc(F)cc2)CC1.Cl. The highest BCUT2D eigenvalue weighted by Gasteiger charge is 2.25. The number of anilines is 1. The molecule has 1 aliphatic rings. The molecule has 3 nitrogen and oxygen atoms in total. The molecule has 0 saturated carbocycles. The van der Waals surface area contributed by atoms with E-state index in [-0.39, 0.29) is 29.4 Å². The van der Waals surface area contributed by atoms with E-state index in [1.165, 1.54) is 17.7 Å². The van der Waals surface area contributed by atoms with Crippen LogP contribution in [0.2, 0.25) is 0 Å². The lowest BCUT2D eigenvalue weighted by molar-refractivity contribution is -0.130. The van der Waals surface area contributed by atoms with Gasteiger partial charge in [-0.05, 0) is 36.8 Å². The van der Waals surface area contributed by atoms with Gasteiger partial charge in [0.05, 0.1) is 5.25 Å². The Kier molecular flexibility index (Phi) is 7.79. The molecule has 1 aliphatic heterocycles. The average molecular weight is 395 g/mol. The van der Waals surface area contributed by atoms with E-state index in [0.717, 1.165) is 24.5 Å². The zero-order valence-corrected chi connectivity index (χ0v) is 16.4. The van der Waals surface area contributed by atoms with Crippen LogP contribution in [0.5, 0.6) is 0 Å². The van der Waals surface area contributed by atoms with Crippen molar-refractivity contribution in [3.63, 3.8) is 0 Å². The Balaban J connectivity index is 0.00000243. The van der Waals surface area contributed by atoms with E-state index in [1.54, 1.807) is 23.9 Å². The third-order valence-electron chi connectivity index (χ3n) is 4.47. The molecule has 0 aliphatic carbocycles. The lowest BCUT2D eigenvalue weighted by Gasteiger charge is -2.37. The zero-order chi connectivity index (χ0) is 17.6. The quantitative estimate of drug-likeness (QED) is 0.758. The van der Waals surface area contributed by atoms with Crippen molar-refractivity contribution in [2.24, 2.45) is 0 Å². The largest absolute Gasteiger partial charge is 0.368 e. The number of carbonyl (C=O) groups is 1. The maximum atomic E-state index is 13.0. The molecule has 26 heavy (non-hydrogen) atoms. The summed E-state index contributed by atoms with van der Waals surface area (Å²) >= 11 is 1.68. The maximum absolute atomic E-state index is 13.0. The molecule has 1 heterocycles. The number of nitrogens with zero attached hydrogens (tertiary/aromatic N) is 2. The van der Waals surface area contributed by atoms with Crippen molar-refractivity contribution in [3.05, 3.63) is 66.0 Å². The normalized spacial score (nSPS) is 15.3. The highest BCUT2D eigenvalue weighted by Crippen LogP contribution is 2.21. The minimum atomic E-state index is -0.221. The lowest BCUT2D eigenvalue weighted by Crippen LogP contribution is -2.50. The summed E-state index contributed by atoms with van der Waals surface area (Å²) in [7, 11) is 0. The number of amides is 1. The van der Waals surface area contributed by atoms with Crippen LogP contribution in [0.15, 0.2) is 54.6 Å². The summed E-state index contributed by atoms with van der Waals surface area (Å²) in [4.78, 5) is 16.8. The molecule has 6 heteroatoms. The Hall–Kier alpha value is -1.72. The first kappa shape index (κ1) is 20.6. The standard InChI is InChI=1S/C20H23FN2OS.ClH/c1-16(25-15-17-5-3-2-4-6-17)20(24)23-13-11-22(12-14-23)19-9-7-18(21)8-10-19;/h2-10,16H,11-15H2,1H3;1H. The van der Waals surface area contributed by atoms with Gasteiger partial charge >= 0.3 is 0 Å². The summed E-state index contributed by atoms with van der Waals surface area (Å²) in [6.45, 7) is 4.99. The molecule has 0 bridgehead atoms. The number of rotatable bonds is 5. The van der Waals surface area contributed by atoms with Gasteiger partial charge in [0.1, 0.15) is 5.82 Å². The van der Waals surface area contributed by atoms with Gasteiger partial charge in [-0.3, -0.25) is 4.79 Å². The Bertz CT molecular complexity index is 691. The van der Waals surface area contributed by atoms with E-state index in [9.17, 15) is 9.18 Å². The third-order valence-corrected chi connectivity index (χ3v) is 5.68. The lowest BCUT2D eigenvalue weighted by atomic mass is 10.2. The number of benzene rings is 2. The van der Waals surface area contributed by atoms with E-state index in [4.69, 9.17) is 0 Å². The Morgan fingerprint density at radius 2 is 1.65 bits per heavy atom. The van der Waals surface area contributed by atoms with Crippen molar-refractivity contribution in [1.29, 1.82) is 0 Å². The van der Waals surface area contributed by atoms with E-state index in [2.05, 4.69) is 17.0 Å². The monoisotopic (exact) mass is 394 g/mol. The van der Waals surface area contributed by atoms with Crippen LogP contribution in [0.1, 0.15) is 12.5 Å². The molecule has 1 unspecified atom stereocenters. The van der Waals surface area contributed by atoms with Crippen LogP contribution in [0.4, 0.5) is 10.1 Å². The summed E-state index contributed by atoms with van der Waals surface area (Å²) in [5, 5.41) is -0.0439. The van der Waals surface area contributed by atoms with E-state index in [1.807, 2.05) is 30.0 Å². The predicted octanol–water partition coefficient (Wildman–Crippen LogP) is 4.22. The van der Waals surface area contributed by atoms with Crippen LogP contribution < -0.4 is 4.90 Å². The minimum absolute atomic E-state index is 0. The van der Waals surface area contributed by atoms with Crippen LogP contribution in [0.3, 0.4) is 0 Å². The van der Waals surface area contributed by atoms with Gasteiger partial charge in [0, 0.05) is 37.6 Å². The molecular weight excluding hydrogens is 371 g/mol. The number of hydrogen-bond acceptors (Lipinski definition) is 3. The minimum Gasteiger partial charge on any atom is -0.368 e. The molecule has 1 atom stereocenters. The molecule has 0 aromatic heterocycles. The Morgan fingerprint density at radius 3 is 2.27 bits per heavy atom. The molecule has 1 fully saturated rings. The van der Waals surface area contributed by atoms with Crippen molar-refractivity contribution in [2.75, 3.05) is 31.1 Å². The zero-order valence-electron chi connectivity index (χ0n) is 14.8. The Morgan fingerprint density at radius 1 is 1.04 bits per heavy atom. The second kappa shape index (κ2) is 9.83. The molecule has 2 aromatic rings. The fourth-order valence-electron chi connectivity index (χ4n) is 2.96. The molecule has 140 valence electrons. The first-order valence-electron chi connectivity index (χ1n) is 8.58. The van der Waals surface area contributed by atoms with Crippen molar-refractivity contribution in [1.82, 2.24) is 4.90 Å². The first-order valence-corrected chi connectivity index (χ1v) is 9.63. The highest BCUT2D eigenvalue weighted by molar-refractivity contribution is 7.99. The van der Waals surface area contributed by atoms with Crippen molar-refractivity contribution >= 4 is 35.8 Å². The van der Waals surface area contributed by atoms with Gasteiger partial charge in [-0.15, -0.1) is 24.2 Å². The van der Waals surface area contributed by atoms with Crippen molar-refractivity contribution < 1.29 is 9.18 Å². The maximum Gasteiger partial charge on any atom is 0.235 e.